The molecule has 0 spiro atoms. The first kappa shape index (κ1) is 17.2. The Morgan fingerprint density at radius 2 is 1.75 bits per heavy atom. The van der Waals surface area contributed by atoms with Gasteiger partial charge in [-0.05, 0) is 17.9 Å². The van der Waals surface area contributed by atoms with E-state index >= 15 is 0 Å². The Balaban J connectivity index is 2.96. The van der Waals surface area contributed by atoms with Crippen molar-refractivity contribution in [3.63, 3.8) is 0 Å². The Morgan fingerprint density at radius 3 is 2.25 bits per heavy atom. The van der Waals surface area contributed by atoms with E-state index in [-0.39, 0.29) is 5.41 Å². The van der Waals surface area contributed by atoms with Gasteiger partial charge < -0.3 is 10.1 Å². The monoisotopic (exact) mass is 277 g/mol. The van der Waals surface area contributed by atoms with E-state index in [4.69, 9.17) is 4.74 Å². The van der Waals surface area contributed by atoms with Crippen molar-refractivity contribution in [1.82, 2.24) is 5.32 Å². The number of hydrogen-bond acceptors (Lipinski definition) is 2. The molecular formula is C18H31NO. The summed E-state index contributed by atoms with van der Waals surface area (Å²) in [5.41, 5.74) is 1.71. The minimum atomic E-state index is 0.235. The Morgan fingerprint density at radius 1 is 1.10 bits per heavy atom. The van der Waals surface area contributed by atoms with Gasteiger partial charge in [0.05, 0.1) is 6.61 Å². The van der Waals surface area contributed by atoms with Gasteiger partial charge in [-0.25, -0.2) is 0 Å². The van der Waals surface area contributed by atoms with E-state index in [9.17, 15) is 0 Å². The van der Waals surface area contributed by atoms with Crippen LogP contribution < -0.4 is 5.32 Å². The van der Waals surface area contributed by atoms with Crippen LogP contribution in [0.3, 0.4) is 0 Å². The van der Waals surface area contributed by atoms with E-state index in [2.05, 4.69) is 56.4 Å². The molecule has 0 bridgehead atoms. The highest BCUT2D eigenvalue weighted by Crippen LogP contribution is 2.39. The Kier molecular flexibility index (Phi) is 7.86. The van der Waals surface area contributed by atoms with Crippen LogP contribution in [0.15, 0.2) is 30.3 Å². The zero-order valence-electron chi connectivity index (χ0n) is 13.6. The SMILES string of the molecule is CCC(CC)C(CC)(CNCCOC)c1ccccc1. The summed E-state index contributed by atoms with van der Waals surface area (Å²) in [4.78, 5) is 0. The maximum atomic E-state index is 5.15. The number of ether oxygens (including phenoxy) is 1. The molecular weight excluding hydrogens is 246 g/mol. The number of methoxy groups -OCH3 is 1. The smallest absolute Gasteiger partial charge is 0.0587 e. The maximum absolute atomic E-state index is 5.15. The van der Waals surface area contributed by atoms with Crippen molar-refractivity contribution in [3.8, 4) is 0 Å². The molecule has 114 valence electrons. The topological polar surface area (TPSA) is 21.3 Å². The van der Waals surface area contributed by atoms with Gasteiger partial charge in [0.1, 0.15) is 0 Å². The summed E-state index contributed by atoms with van der Waals surface area (Å²) in [6.45, 7) is 9.68. The third-order valence-electron chi connectivity index (χ3n) is 4.67. The molecule has 0 aliphatic heterocycles. The summed E-state index contributed by atoms with van der Waals surface area (Å²) >= 11 is 0. The van der Waals surface area contributed by atoms with Crippen LogP contribution in [0.4, 0.5) is 0 Å². The summed E-state index contributed by atoms with van der Waals surface area (Å²) in [6, 6.07) is 11.0. The van der Waals surface area contributed by atoms with Gasteiger partial charge in [-0.1, -0.05) is 63.9 Å². The average Bonchev–Trinajstić information content (AvgIpc) is 2.51. The van der Waals surface area contributed by atoms with Gasteiger partial charge in [0.15, 0.2) is 0 Å². The summed E-state index contributed by atoms with van der Waals surface area (Å²) in [5.74, 6) is 0.713. The van der Waals surface area contributed by atoms with Gasteiger partial charge in [-0.2, -0.15) is 0 Å². The molecule has 0 fully saturated rings. The quantitative estimate of drug-likeness (QED) is 0.653. The van der Waals surface area contributed by atoms with Gasteiger partial charge in [0.25, 0.3) is 0 Å². The third-order valence-corrected chi connectivity index (χ3v) is 4.67. The van der Waals surface area contributed by atoms with Crippen LogP contribution in [0.25, 0.3) is 0 Å². The fraction of sp³-hybridized carbons (Fsp3) is 0.667. The zero-order chi connectivity index (χ0) is 14.8. The predicted octanol–water partition coefficient (Wildman–Crippen LogP) is 4.01. The van der Waals surface area contributed by atoms with E-state index in [0.717, 1.165) is 19.7 Å². The summed E-state index contributed by atoms with van der Waals surface area (Å²) in [7, 11) is 1.76. The fourth-order valence-electron chi connectivity index (χ4n) is 3.43. The van der Waals surface area contributed by atoms with Crippen LogP contribution in [0, 0.1) is 5.92 Å². The van der Waals surface area contributed by atoms with Gasteiger partial charge >= 0.3 is 0 Å². The van der Waals surface area contributed by atoms with Crippen LogP contribution in [0.1, 0.15) is 45.6 Å². The molecule has 1 aromatic carbocycles. The number of benzene rings is 1. The lowest BCUT2D eigenvalue weighted by Crippen LogP contribution is -2.44. The summed E-state index contributed by atoms with van der Waals surface area (Å²) < 4.78 is 5.15. The molecule has 0 saturated heterocycles. The maximum Gasteiger partial charge on any atom is 0.0587 e. The van der Waals surface area contributed by atoms with Crippen molar-refractivity contribution in [2.75, 3.05) is 26.8 Å². The van der Waals surface area contributed by atoms with Crippen molar-refractivity contribution in [2.45, 2.75) is 45.4 Å². The molecule has 0 aliphatic rings. The molecule has 0 heterocycles. The fourth-order valence-corrected chi connectivity index (χ4v) is 3.43. The molecule has 2 nitrogen and oxygen atoms in total. The highest BCUT2D eigenvalue weighted by atomic mass is 16.5. The second-order valence-corrected chi connectivity index (χ2v) is 5.56. The molecule has 1 aromatic rings. The first-order chi connectivity index (χ1) is 9.75. The van der Waals surface area contributed by atoms with E-state index < -0.39 is 0 Å². The Labute approximate surface area is 124 Å². The highest BCUT2D eigenvalue weighted by Gasteiger charge is 2.36. The van der Waals surface area contributed by atoms with E-state index in [1.165, 1.54) is 24.8 Å². The highest BCUT2D eigenvalue weighted by molar-refractivity contribution is 5.27. The summed E-state index contributed by atoms with van der Waals surface area (Å²) in [5, 5.41) is 3.60. The van der Waals surface area contributed by atoms with Crippen molar-refractivity contribution in [1.29, 1.82) is 0 Å². The van der Waals surface area contributed by atoms with Crippen molar-refractivity contribution in [3.05, 3.63) is 35.9 Å². The zero-order valence-corrected chi connectivity index (χ0v) is 13.6. The van der Waals surface area contributed by atoms with E-state index in [1.807, 2.05) is 0 Å². The third kappa shape index (κ3) is 4.07. The van der Waals surface area contributed by atoms with Crippen molar-refractivity contribution < 1.29 is 4.74 Å². The molecule has 0 aromatic heterocycles. The summed E-state index contributed by atoms with van der Waals surface area (Å²) in [6.07, 6.45) is 3.62. The van der Waals surface area contributed by atoms with E-state index in [0.29, 0.717) is 5.92 Å². The average molecular weight is 277 g/mol. The van der Waals surface area contributed by atoms with Crippen LogP contribution in [0.2, 0.25) is 0 Å². The predicted molar refractivity (Wildman–Crippen MR) is 87.2 cm³/mol. The lowest BCUT2D eigenvalue weighted by molar-refractivity contribution is 0.185. The molecule has 20 heavy (non-hydrogen) atoms. The number of nitrogens with one attached hydrogen (secondary N) is 1. The van der Waals surface area contributed by atoms with Crippen LogP contribution in [-0.2, 0) is 10.2 Å². The molecule has 1 atom stereocenters. The molecule has 1 rings (SSSR count). The van der Waals surface area contributed by atoms with Gasteiger partial charge in [0.2, 0.25) is 0 Å². The lowest BCUT2D eigenvalue weighted by Gasteiger charge is -2.41. The first-order valence-corrected chi connectivity index (χ1v) is 8.00. The molecule has 2 heteroatoms. The molecule has 0 aliphatic carbocycles. The minimum Gasteiger partial charge on any atom is -0.383 e. The molecule has 1 unspecified atom stereocenters. The standard InChI is InChI=1S/C18H31NO/c1-5-16(6-2)18(7-3,15-19-13-14-20-4)17-11-9-8-10-12-17/h8-12,16,19H,5-7,13-15H2,1-4H3. The molecule has 0 amide bonds. The second-order valence-electron chi connectivity index (χ2n) is 5.56. The van der Waals surface area contributed by atoms with E-state index in [1.54, 1.807) is 7.11 Å². The second kappa shape index (κ2) is 9.15. The van der Waals surface area contributed by atoms with Gasteiger partial charge in [-0.15, -0.1) is 0 Å². The minimum absolute atomic E-state index is 0.235. The van der Waals surface area contributed by atoms with Crippen LogP contribution >= 0.6 is 0 Å². The largest absolute Gasteiger partial charge is 0.383 e. The van der Waals surface area contributed by atoms with Crippen LogP contribution in [0.5, 0.6) is 0 Å². The number of rotatable bonds is 10. The molecule has 1 N–H and O–H groups in total. The Bertz CT molecular complexity index is 348. The van der Waals surface area contributed by atoms with Gasteiger partial charge in [0, 0.05) is 25.6 Å². The Hall–Kier alpha value is -0.860. The van der Waals surface area contributed by atoms with Gasteiger partial charge in [-0.3, -0.25) is 0 Å². The number of hydrogen-bond donors (Lipinski definition) is 1. The van der Waals surface area contributed by atoms with Crippen molar-refractivity contribution in [2.24, 2.45) is 5.92 Å². The molecule has 0 radical (unpaired) electrons. The normalized spacial score (nSPS) is 14.4. The molecule has 0 saturated carbocycles. The first-order valence-electron chi connectivity index (χ1n) is 8.00. The lowest BCUT2D eigenvalue weighted by atomic mass is 9.66. The van der Waals surface area contributed by atoms with Crippen LogP contribution in [-0.4, -0.2) is 26.8 Å². The van der Waals surface area contributed by atoms with Crippen molar-refractivity contribution >= 4 is 0 Å².